The molecule has 7 heteroatoms. The summed E-state index contributed by atoms with van der Waals surface area (Å²) in [5.74, 6) is 1.86. The molecule has 0 radical (unpaired) electrons. The summed E-state index contributed by atoms with van der Waals surface area (Å²) < 4.78 is 7.21. The number of furan rings is 1. The van der Waals surface area contributed by atoms with Gasteiger partial charge in [0.05, 0.1) is 30.3 Å². The molecular weight excluding hydrogens is 318 g/mol. The Morgan fingerprint density at radius 1 is 1.20 bits per heavy atom. The van der Waals surface area contributed by atoms with Gasteiger partial charge in [-0.3, -0.25) is 4.79 Å². The Morgan fingerprint density at radius 3 is 2.96 bits per heavy atom. The minimum absolute atomic E-state index is 0.00710. The average molecular weight is 337 g/mol. The molecule has 0 saturated heterocycles. The lowest BCUT2D eigenvalue weighted by Gasteiger charge is -2.19. The second kappa shape index (κ2) is 6.80. The number of anilines is 1. The summed E-state index contributed by atoms with van der Waals surface area (Å²) >= 11 is 0. The number of rotatable bonds is 4. The third-order valence-electron chi connectivity index (χ3n) is 4.39. The minimum Gasteiger partial charge on any atom is -0.472 e. The number of carbonyl (C=O) groups is 1. The summed E-state index contributed by atoms with van der Waals surface area (Å²) in [6.07, 6.45) is 7.43. The maximum atomic E-state index is 12.5. The largest absolute Gasteiger partial charge is 0.472 e. The molecule has 1 amide bonds. The quantitative estimate of drug-likeness (QED) is 0.790. The maximum Gasteiger partial charge on any atom is 0.257 e. The first-order valence-corrected chi connectivity index (χ1v) is 8.31. The van der Waals surface area contributed by atoms with Gasteiger partial charge in [-0.2, -0.15) is 0 Å². The second-order valence-corrected chi connectivity index (χ2v) is 5.94. The lowest BCUT2D eigenvalue weighted by atomic mass is 10.2. The zero-order valence-electron chi connectivity index (χ0n) is 13.8. The van der Waals surface area contributed by atoms with E-state index in [-0.39, 0.29) is 5.91 Å². The van der Waals surface area contributed by atoms with E-state index in [0.29, 0.717) is 25.2 Å². The van der Waals surface area contributed by atoms with Gasteiger partial charge >= 0.3 is 0 Å². The molecule has 7 nitrogen and oxygen atoms in total. The van der Waals surface area contributed by atoms with Gasteiger partial charge in [0.15, 0.2) is 0 Å². The van der Waals surface area contributed by atoms with Crippen molar-refractivity contribution in [2.45, 2.75) is 19.5 Å². The summed E-state index contributed by atoms with van der Waals surface area (Å²) in [6.45, 7) is 2.70. The van der Waals surface area contributed by atoms with Crippen molar-refractivity contribution in [1.82, 2.24) is 19.4 Å². The topological polar surface area (TPSA) is 76.2 Å². The normalized spacial score (nSPS) is 14.0. The standard InChI is InChI=1S/C18H19N5O2/c24-18(14-5-10-25-13-14)22-7-4-17-21-12-15(23(17)9-8-22)11-20-16-3-1-2-6-19-16/h1-3,5-6,10,12-13H,4,7-9,11H2,(H,19,20). The highest BCUT2D eigenvalue weighted by atomic mass is 16.3. The molecule has 1 aliphatic rings. The van der Waals surface area contributed by atoms with Crippen LogP contribution in [0.3, 0.4) is 0 Å². The molecule has 1 aliphatic heterocycles. The predicted octanol–water partition coefficient (Wildman–Crippen LogP) is 2.18. The molecule has 0 bridgehead atoms. The van der Waals surface area contributed by atoms with Gasteiger partial charge in [0.2, 0.25) is 0 Å². The third kappa shape index (κ3) is 3.26. The molecule has 3 aromatic heterocycles. The summed E-state index contributed by atoms with van der Waals surface area (Å²) in [6, 6.07) is 7.48. The van der Waals surface area contributed by atoms with Gasteiger partial charge in [-0.1, -0.05) is 6.07 Å². The first kappa shape index (κ1) is 15.4. The fraction of sp³-hybridized carbons (Fsp3) is 0.278. The number of pyridine rings is 1. The van der Waals surface area contributed by atoms with Crippen LogP contribution in [0.5, 0.6) is 0 Å². The molecular formula is C18H19N5O2. The summed E-state index contributed by atoms with van der Waals surface area (Å²) in [5.41, 5.74) is 1.69. The Kier molecular flexibility index (Phi) is 4.20. The van der Waals surface area contributed by atoms with Crippen molar-refractivity contribution in [1.29, 1.82) is 0 Å². The SMILES string of the molecule is O=C(c1ccoc1)N1CCc2ncc(CNc3ccccn3)n2CC1. The van der Waals surface area contributed by atoms with E-state index in [0.717, 1.165) is 30.3 Å². The highest BCUT2D eigenvalue weighted by Crippen LogP contribution is 2.15. The highest BCUT2D eigenvalue weighted by Gasteiger charge is 2.22. The number of fused-ring (bicyclic) bond motifs is 1. The number of hydrogen-bond donors (Lipinski definition) is 1. The molecule has 4 heterocycles. The van der Waals surface area contributed by atoms with Crippen molar-refractivity contribution in [3.63, 3.8) is 0 Å². The zero-order valence-corrected chi connectivity index (χ0v) is 13.8. The monoisotopic (exact) mass is 337 g/mol. The number of nitrogens with zero attached hydrogens (tertiary/aromatic N) is 4. The van der Waals surface area contributed by atoms with Crippen LogP contribution in [-0.2, 0) is 19.5 Å². The van der Waals surface area contributed by atoms with Crippen molar-refractivity contribution in [2.75, 3.05) is 18.4 Å². The first-order chi connectivity index (χ1) is 12.3. The molecule has 128 valence electrons. The second-order valence-electron chi connectivity index (χ2n) is 5.94. The maximum absolute atomic E-state index is 12.5. The van der Waals surface area contributed by atoms with Crippen LogP contribution in [0.25, 0.3) is 0 Å². The van der Waals surface area contributed by atoms with Crippen molar-refractivity contribution >= 4 is 11.7 Å². The summed E-state index contributed by atoms with van der Waals surface area (Å²) in [4.78, 5) is 23.2. The molecule has 0 spiro atoms. The number of amides is 1. The lowest BCUT2D eigenvalue weighted by Crippen LogP contribution is -2.33. The van der Waals surface area contributed by atoms with E-state index in [1.54, 1.807) is 12.3 Å². The smallest absolute Gasteiger partial charge is 0.257 e. The van der Waals surface area contributed by atoms with Gasteiger partial charge in [-0.05, 0) is 18.2 Å². The number of carbonyl (C=O) groups excluding carboxylic acids is 1. The Balaban J connectivity index is 1.44. The molecule has 0 fully saturated rings. The van der Waals surface area contributed by atoms with E-state index in [2.05, 4.69) is 19.9 Å². The summed E-state index contributed by atoms with van der Waals surface area (Å²) in [5, 5.41) is 3.31. The molecule has 0 aromatic carbocycles. The van der Waals surface area contributed by atoms with Gasteiger partial charge in [0.25, 0.3) is 5.91 Å². The molecule has 25 heavy (non-hydrogen) atoms. The predicted molar refractivity (Wildman–Crippen MR) is 92.1 cm³/mol. The van der Waals surface area contributed by atoms with Crippen molar-refractivity contribution < 1.29 is 9.21 Å². The highest BCUT2D eigenvalue weighted by molar-refractivity contribution is 5.93. The molecule has 4 rings (SSSR count). The van der Waals surface area contributed by atoms with Crippen molar-refractivity contribution in [2.24, 2.45) is 0 Å². The molecule has 0 unspecified atom stereocenters. The van der Waals surface area contributed by atoms with Gasteiger partial charge < -0.3 is 19.2 Å². The van der Waals surface area contributed by atoms with E-state index < -0.39 is 0 Å². The third-order valence-corrected chi connectivity index (χ3v) is 4.39. The van der Waals surface area contributed by atoms with Crippen LogP contribution >= 0.6 is 0 Å². The Morgan fingerprint density at radius 2 is 2.16 bits per heavy atom. The minimum atomic E-state index is 0.00710. The van der Waals surface area contributed by atoms with Crippen LogP contribution < -0.4 is 5.32 Å². The fourth-order valence-electron chi connectivity index (χ4n) is 3.06. The van der Waals surface area contributed by atoms with Gasteiger partial charge in [-0.25, -0.2) is 9.97 Å². The van der Waals surface area contributed by atoms with E-state index in [9.17, 15) is 4.79 Å². The first-order valence-electron chi connectivity index (χ1n) is 8.31. The van der Waals surface area contributed by atoms with Crippen LogP contribution in [0, 0.1) is 0 Å². The van der Waals surface area contributed by atoms with E-state index in [1.807, 2.05) is 29.3 Å². The zero-order chi connectivity index (χ0) is 17.1. The lowest BCUT2D eigenvalue weighted by molar-refractivity contribution is 0.0758. The molecule has 0 atom stereocenters. The van der Waals surface area contributed by atoms with Crippen LogP contribution in [0.4, 0.5) is 5.82 Å². The Bertz CT molecular complexity index is 842. The van der Waals surface area contributed by atoms with E-state index in [4.69, 9.17) is 4.42 Å². The Labute approximate surface area is 145 Å². The number of nitrogens with one attached hydrogen (secondary N) is 1. The summed E-state index contributed by atoms with van der Waals surface area (Å²) in [7, 11) is 0. The van der Waals surface area contributed by atoms with Crippen molar-refractivity contribution in [3.05, 3.63) is 66.3 Å². The molecule has 0 saturated carbocycles. The van der Waals surface area contributed by atoms with Crippen LogP contribution in [0.1, 0.15) is 21.9 Å². The van der Waals surface area contributed by atoms with Gasteiger partial charge in [0, 0.05) is 32.3 Å². The van der Waals surface area contributed by atoms with Gasteiger partial charge in [-0.15, -0.1) is 0 Å². The van der Waals surface area contributed by atoms with E-state index in [1.165, 1.54) is 12.5 Å². The number of hydrogen-bond acceptors (Lipinski definition) is 5. The van der Waals surface area contributed by atoms with Gasteiger partial charge in [0.1, 0.15) is 17.9 Å². The van der Waals surface area contributed by atoms with Crippen LogP contribution in [0.2, 0.25) is 0 Å². The van der Waals surface area contributed by atoms with Crippen LogP contribution in [0.15, 0.2) is 53.6 Å². The Hall–Kier alpha value is -3.09. The van der Waals surface area contributed by atoms with E-state index >= 15 is 0 Å². The van der Waals surface area contributed by atoms with Crippen LogP contribution in [-0.4, -0.2) is 38.4 Å². The number of aromatic nitrogens is 3. The molecule has 1 N–H and O–H groups in total. The number of imidazole rings is 1. The fourth-order valence-corrected chi connectivity index (χ4v) is 3.06. The van der Waals surface area contributed by atoms with Crippen molar-refractivity contribution in [3.8, 4) is 0 Å². The molecule has 3 aromatic rings. The molecule has 0 aliphatic carbocycles. The average Bonchev–Trinajstić information content (AvgIpc) is 3.26.